The van der Waals surface area contributed by atoms with E-state index in [1.54, 1.807) is 0 Å². The summed E-state index contributed by atoms with van der Waals surface area (Å²) in [6, 6.07) is 7.52. The minimum absolute atomic E-state index is 0.0155. The van der Waals surface area contributed by atoms with Gasteiger partial charge in [0, 0.05) is 23.7 Å². The Kier molecular flexibility index (Phi) is 6.43. The van der Waals surface area contributed by atoms with Gasteiger partial charge in [-0.2, -0.15) is 26.3 Å². The van der Waals surface area contributed by atoms with Crippen molar-refractivity contribution in [2.75, 3.05) is 18.5 Å². The number of fused-ring (bicyclic) bond motifs is 1. The first-order valence-electron chi connectivity index (χ1n) is 10.6. The van der Waals surface area contributed by atoms with Gasteiger partial charge >= 0.3 is 12.4 Å². The average molecular weight is 484 g/mol. The van der Waals surface area contributed by atoms with Crippen LogP contribution in [0, 0.1) is 0 Å². The van der Waals surface area contributed by atoms with Crippen molar-refractivity contribution in [1.29, 1.82) is 0 Å². The third-order valence-electron chi connectivity index (χ3n) is 5.63. The molecule has 0 saturated carbocycles. The molecule has 0 radical (unpaired) electrons. The summed E-state index contributed by atoms with van der Waals surface area (Å²) in [5, 5.41) is 3.26. The standard InChI is InChI=1S/C23H22F6N4O/c1-13-12-34-14(2)10-33(13)11-20-31-19-9-16(23(27,28)29)5-8-18(19)21(32-20)30-17-6-3-15(4-7-17)22(24,25)26/h3-9,13-14H,10-12H2,1-2H3,(H,30,31,32)/t13-,14-/m1/s1. The number of aromatic nitrogens is 2. The number of benzene rings is 2. The van der Waals surface area contributed by atoms with Crippen LogP contribution in [0.15, 0.2) is 42.5 Å². The SMILES string of the molecule is C[C@@H]1CN(Cc2nc(Nc3ccc(C(F)(F)F)cc3)c3ccc(C(F)(F)F)cc3n2)[C@H](C)CO1. The number of hydrogen-bond donors (Lipinski definition) is 1. The molecule has 5 nitrogen and oxygen atoms in total. The van der Waals surface area contributed by atoms with Gasteiger partial charge in [0.25, 0.3) is 0 Å². The number of rotatable bonds is 4. The second-order valence-electron chi connectivity index (χ2n) is 8.34. The Bertz CT molecular complexity index is 1160. The molecular formula is C23H22F6N4O. The molecule has 1 aliphatic heterocycles. The third kappa shape index (κ3) is 5.41. The van der Waals surface area contributed by atoms with E-state index in [-0.39, 0.29) is 30.0 Å². The third-order valence-corrected chi connectivity index (χ3v) is 5.63. The molecule has 1 aromatic heterocycles. The molecule has 0 amide bonds. The monoisotopic (exact) mass is 484 g/mol. The Hall–Kier alpha value is -2.92. The van der Waals surface area contributed by atoms with Crippen molar-refractivity contribution in [3.8, 4) is 0 Å². The molecule has 2 heterocycles. The van der Waals surface area contributed by atoms with Crippen molar-refractivity contribution >= 4 is 22.4 Å². The van der Waals surface area contributed by atoms with Gasteiger partial charge in [-0.15, -0.1) is 0 Å². The molecule has 1 saturated heterocycles. The maximum Gasteiger partial charge on any atom is 0.416 e. The van der Waals surface area contributed by atoms with E-state index in [1.807, 2.05) is 13.8 Å². The van der Waals surface area contributed by atoms with Gasteiger partial charge in [0.1, 0.15) is 11.6 Å². The van der Waals surface area contributed by atoms with E-state index in [2.05, 4.69) is 20.2 Å². The highest BCUT2D eigenvalue weighted by molar-refractivity contribution is 5.91. The highest BCUT2D eigenvalue weighted by Gasteiger charge is 2.32. The lowest BCUT2D eigenvalue weighted by Gasteiger charge is -2.36. The molecule has 0 spiro atoms. The summed E-state index contributed by atoms with van der Waals surface area (Å²) in [5.41, 5.74) is -1.26. The fourth-order valence-corrected chi connectivity index (χ4v) is 3.77. The second-order valence-corrected chi connectivity index (χ2v) is 8.34. The van der Waals surface area contributed by atoms with Crippen LogP contribution in [0.2, 0.25) is 0 Å². The van der Waals surface area contributed by atoms with Gasteiger partial charge in [-0.05, 0) is 56.3 Å². The molecule has 0 unspecified atom stereocenters. The number of alkyl halides is 6. The van der Waals surface area contributed by atoms with Gasteiger partial charge in [0.2, 0.25) is 0 Å². The number of hydrogen-bond acceptors (Lipinski definition) is 5. The van der Waals surface area contributed by atoms with Gasteiger partial charge in [0.15, 0.2) is 0 Å². The molecule has 34 heavy (non-hydrogen) atoms. The van der Waals surface area contributed by atoms with E-state index >= 15 is 0 Å². The maximum absolute atomic E-state index is 13.3. The lowest BCUT2D eigenvalue weighted by molar-refractivity contribution is -0.138. The first-order chi connectivity index (χ1) is 15.9. The van der Waals surface area contributed by atoms with Crippen LogP contribution in [0.5, 0.6) is 0 Å². The summed E-state index contributed by atoms with van der Waals surface area (Å²) in [4.78, 5) is 10.9. The molecule has 1 fully saturated rings. The van der Waals surface area contributed by atoms with Crippen molar-refractivity contribution in [3.05, 3.63) is 59.4 Å². The summed E-state index contributed by atoms with van der Waals surface area (Å²) in [6.07, 6.45) is -9.04. The molecule has 0 aliphatic carbocycles. The Morgan fingerprint density at radius 1 is 0.941 bits per heavy atom. The maximum atomic E-state index is 13.3. The summed E-state index contributed by atoms with van der Waals surface area (Å²) in [7, 11) is 0. The smallest absolute Gasteiger partial charge is 0.376 e. The number of anilines is 2. The van der Waals surface area contributed by atoms with E-state index in [0.29, 0.717) is 30.0 Å². The Balaban J connectivity index is 1.72. The Morgan fingerprint density at radius 3 is 2.24 bits per heavy atom. The molecule has 1 N–H and O–H groups in total. The fourth-order valence-electron chi connectivity index (χ4n) is 3.77. The Morgan fingerprint density at radius 2 is 1.59 bits per heavy atom. The van der Waals surface area contributed by atoms with Crippen LogP contribution >= 0.6 is 0 Å². The minimum Gasteiger partial charge on any atom is -0.376 e. The predicted octanol–water partition coefficient (Wildman–Crippen LogP) is 6.02. The lowest BCUT2D eigenvalue weighted by Crippen LogP contribution is -2.46. The van der Waals surface area contributed by atoms with Gasteiger partial charge in [-0.25, -0.2) is 9.97 Å². The quantitative estimate of drug-likeness (QED) is 0.459. The molecule has 11 heteroatoms. The first-order valence-corrected chi connectivity index (χ1v) is 10.6. The molecule has 2 aromatic carbocycles. The average Bonchev–Trinajstić information content (AvgIpc) is 2.75. The van der Waals surface area contributed by atoms with Gasteiger partial charge in [-0.1, -0.05) is 0 Å². The van der Waals surface area contributed by atoms with Crippen LogP contribution < -0.4 is 5.32 Å². The number of nitrogens with one attached hydrogen (secondary N) is 1. The van der Waals surface area contributed by atoms with Crippen molar-refractivity contribution < 1.29 is 31.1 Å². The molecule has 0 bridgehead atoms. The largest absolute Gasteiger partial charge is 0.416 e. The molecule has 1 aliphatic rings. The van der Waals surface area contributed by atoms with E-state index in [4.69, 9.17) is 4.74 Å². The summed E-state index contributed by atoms with van der Waals surface area (Å²) < 4.78 is 84.1. The van der Waals surface area contributed by atoms with Gasteiger partial charge in [0.05, 0.1) is 35.9 Å². The molecule has 4 rings (SSSR count). The molecule has 2 atom stereocenters. The van der Waals surface area contributed by atoms with Gasteiger partial charge < -0.3 is 10.1 Å². The van der Waals surface area contributed by atoms with Crippen molar-refractivity contribution in [1.82, 2.24) is 14.9 Å². The molecule has 3 aromatic rings. The zero-order valence-electron chi connectivity index (χ0n) is 18.3. The van der Waals surface area contributed by atoms with Crippen LogP contribution in [0.4, 0.5) is 37.8 Å². The van der Waals surface area contributed by atoms with Crippen LogP contribution in [0.1, 0.15) is 30.8 Å². The number of morpholine rings is 1. The lowest BCUT2D eigenvalue weighted by atomic mass is 10.1. The highest BCUT2D eigenvalue weighted by atomic mass is 19.4. The zero-order chi connectivity index (χ0) is 24.7. The van der Waals surface area contributed by atoms with Crippen LogP contribution in [-0.2, 0) is 23.6 Å². The summed E-state index contributed by atoms with van der Waals surface area (Å²) in [6.45, 7) is 5.28. The first kappa shape index (κ1) is 24.2. The van der Waals surface area contributed by atoms with Crippen LogP contribution in [-0.4, -0.2) is 40.2 Å². The number of ether oxygens (including phenoxy) is 1. The highest BCUT2D eigenvalue weighted by Crippen LogP contribution is 2.34. The van der Waals surface area contributed by atoms with E-state index in [0.717, 1.165) is 24.3 Å². The summed E-state index contributed by atoms with van der Waals surface area (Å²) in [5.74, 6) is 0.504. The van der Waals surface area contributed by atoms with E-state index < -0.39 is 23.5 Å². The van der Waals surface area contributed by atoms with Crippen LogP contribution in [0.25, 0.3) is 10.9 Å². The summed E-state index contributed by atoms with van der Waals surface area (Å²) >= 11 is 0. The van der Waals surface area contributed by atoms with E-state index in [1.165, 1.54) is 18.2 Å². The zero-order valence-corrected chi connectivity index (χ0v) is 18.3. The molecule has 182 valence electrons. The number of nitrogens with zero attached hydrogens (tertiary/aromatic N) is 3. The Labute approximate surface area is 191 Å². The van der Waals surface area contributed by atoms with Crippen molar-refractivity contribution in [3.63, 3.8) is 0 Å². The number of halogens is 6. The minimum atomic E-state index is -4.55. The van der Waals surface area contributed by atoms with Crippen molar-refractivity contribution in [2.24, 2.45) is 0 Å². The predicted molar refractivity (Wildman–Crippen MR) is 115 cm³/mol. The molecular weight excluding hydrogens is 462 g/mol. The van der Waals surface area contributed by atoms with Gasteiger partial charge in [-0.3, -0.25) is 4.90 Å². The fraction of sp³-hybridized carbons (Fsp3) is 0.391. The van der Waals surface area contributed by atoms with Crippen molar-refractivity contribution in [2.45, 2.75) is 44.9 Å². The normalized spacial score (nSPS) is 20.0. The van der Waals surface area contributed by atoms with Crippen LogP contribution in [0.3, 0.4) is 0 Å². The topological polar surface area (TPSA) is 50.3 Å². The second kappa shape index (κ2) is 9.03. The van der Waals surface area contributed by atoms with E-state index in [9.17, 15) is 26.3 Å².